The number of hydrogen-bond donors (Lipinski definition) is 2. The minimum Gasteiger partial charge on any atom is -0.349 e. The molecule has 0 spiro atoms. The Hall–Kier alpha value is -2.79. The summed E-state index contributed by atoms with van der Waals surface area (Å²) in [5.41, 5.74) is 1.73. The van der Waals surface area contributed by atoms with Gasteiger partial charge in [0.1, 0.15) is 11.7 Å². The summed E-state index contributed by atoms with van der Waals surface area (Å²) in [6, 6.07) is 15.7. The number of fused-ring (bicyclic) bond motifs is 1. The van der Waals surface area contributed by atoms with Gasteiger partial charge < -0.3 is 15.2 Å². The lowest BCUT2D eigenvalue weighted by Gasteiger charge is -2.22. The van der Waals surface area contributed by atoms with E-state index in [-0.39, 0.29) is 11.6 Å². The molecule has 0 aliphatic rings. The van der Waals surface area contributed by atoms with Gasteiger partial charge >= 0.3 is 0 Å². The highest BCUT2D eigenvalue weighted by molar-refractivity contribution is 6.38. The molecule has 0 saturated heterocycles. The molecule has 1 atom stereocenters. The summed E-state index contributed by atoms with van der Waals surface area (Å²) >= 11 is 6.34. The first kappa shape index (κ1) is 17.0. The lowest BCUT2D eigenvalue weighted by molar-refractivity contribution is -0.130. The van der Waals surface area contributed by atoms with Crippen molar-refractivity contribution in [2.45, 2.75) is 6.04 Å². The summed E-state index contributed by atoms with van der Waals surface area (Å²) in [7, 11) is 3.31. The summed E-state index contributed by atoms with van der Waals surface area (Å²) in [5.74, 6) is -0.642. The molecule has 0 saturated carbocycles. The fourth-order valence-electron chi connectivity index (χ4n) is 2.66. The van der Waals surface area contributed by atoms with Crippen molar-refractivity contribution in [2.75, 3.05) is 14.1 Å². The van der Waals surface area contributed by atoms with Crippen molar-refractivity contribution in [3.8, 4) is 0 Å². The summed E-state index contributed by atoms with van der Waals surface area (Å²) in [6.45, 7) is 0. The van der Waals surface area contributed by atoms with Crippen LogP contribution in [0.3, 0.4) is 0 Å². The number of carbonyl (C=O) groups is 2. The third-order valence-corrected chi connectivity index (χ3v) is 4.36. The van der Waals surface area contributed by atoms with Gasteiger partial charge in [-0.2, -0.15) is 0 Å². The molecular formula is C19H18ClN3O2. The quantitative estimate of drug-likeness (QED) is 0.753. The number of H-pyrrole nitrogens is 1. The van der Waals surface area contributed by atoms with E-state index in [1.807, 2.05) is 42.5 Å². The zero-order valence-corrected chi connectivity index (χ0v) is 14.7. The van der Waals surface area contributed by atoms with E-state index >= 15 is 0 Å². The first-order chi connectivity index (χ1) is 12.0. The molecule has 5 nitrogen and oxygen atoms in total. The zero-order chi connectivity index (χ0) is 18.0. The fourth-order valence-corrected chi connectivity index (χ4v) is 2.96. The van der Waals surface area contributed by atoms with Gasteiger partial charge in [-0.3, -0.25) is 9.59 Å². The molecule has 2 N–H and O–H groups in total. The van der Waals surface area contributed by atoms with E-state index in [1.165, 1.54) is 4.90 Å². The number of amides is 2. The molecule has 0 aliphatic heterocycles. The van der Waals surface area contributed by atoms with Crippen molar-refractivity contribution < 1.29 is 9.59 Å². The summed E-state index contributed by atoms with van der Waals surface area (Å²) in [6.07, 6.45) is 0. The number of likely N-dealkylation sites (N-methyl/N-ethyl adjacent to an activating group) is 1. The number of nitrogens with zero attached hydrogens (tertiary/aromatic N) is 1. The van der Waals surface area contributed by atoms with Crippen LogP contribution in [-0.4, -0.2) is 35.8 Å². The van der Waals surface area contributed by atoms with Gasteiger partial charge in [-0.05, 0) is 11.6 Å². The minimum atomic E-state index is -0.786. The second kappa shape index (κ2) is 6.99. The molecule has 0 radical (unpaired) electrons. The van der Waals surface area contributed by atoms with Crippen LogP contribution in [0.15, 0.2) is 54.6 Å². The maximum Gasteiger partial charge on any atom is 0.270 e. The van der Waals surface area contributed by atoms with Gasteiger partial charge in [0.15, 0.2) is 0 Å². The van der Waals surface area contributed by atoms with Crippen LogP contribution >= 0.6 is 11.6 Å². The van der Waals surface area contributed by atoms with Gasteiger partial charge in [0, 0.05) is 25.0 Å². The second-order valence-corrected chi connectivity index (χ2v) is 6.29. The number of aromatic nitrogens is 1. The van der Waals surface area contributed by atoms with E-state index in [0.717, 1.165) is 10.9 Å². The van der Waals surface area contributed by atoms with Gasteiger partial charge in [0.2, 0.25) is 5.91 Å². The molecule has 128 valence electrons. The molecule has 2 amide bonds. The highest BCUT2D eigenvalue weighted by atomic mass is 35.5. The van der Waals surface area contributed by atoms with Crippen LogP contribution < -0.4 is 5.32 Å². The van der Waals surface area contributed by atoms with Gasteiger partial charge in [-0.1, -0.05) is 60.1 Å². The fraction of sp³-hybridized carbons (Fsp3) is 0.158. The number of hydrogen-bond acceptors (Lipinski definition) is 2. The van der Waals surface area contributed by atoms with Gasteiger partial charge in [0.05, 0.1) is 5.02 Å². The number of aromatic amines is 1. The number of nitrogens with one attached hydrogen (secondary N) is 2. The van der Waals surface area contributed by atoms with E-state index < -0.39 is 11.9 Å². The summed E-state index contributed by atoms with van der Waals surface area (Å²) in [4.78, 5) is 29.8. The van der Waals surface area contributed by atoms with Crippen LogP contribution in [0.5, 0.6) is 0 Å². The molecule has 3 rings (SSSR count). The van der Waals surface area contributed by atoms with Crippen LogP contribution in [0.2, 0.25) is 5.02 Å². The highest BCUT2D eigenvalue weighted by Gasteiger charge is 2.26. The maximum absolute atomic E-state index is 12.7. The first-order valence-electron chi connectivity index (χ1n) is 7.82. The lowest BCUT2D eigenvalue weighted by atomic mass is 10.1. The second-order valence-electron chi connectivity index (χ2n) is 5.91. The summed E-state index contributed by atoms with van der Waals surface area (Å²) in [5, 5.41) is 3.90. The molecule has 1 aromatic heterocycles. The van der Waals surface area contributed by atoms with Crippen molar-refractivity contribution in [1.82, 2.24) is 15.2 Å². The van der Waals surface area contributed by atoms with Crippen LogP contribution in [-0.2, 0) is 4.79 Å². The molecule has 0 bridgehead atoms. The number of benzene rings is 2. The Kier molecular flexibility index (Phi) is 4.76. The molecular weight excluding hydrogens is 338 g/mol. The average molecular weight is 356 g/mol. The Morgan fingerprint density at radius 2 is 1.68 bits per heavy atom. The Labute approximate surface area is 150 Å². The van der Waals surface area contributed by atoms with Crippen molar-refractivity contribution in [1.29, 1.82) is 0 Å². The third-order valence-electron chi connectivity index (χ3n) is 3.97. The van der Waals surface area contributed by atoms with Gasteiger partial charge in [-0.15, -0.1) is 0 Å². The van der Waals surface area contributed by atoms with Crippen LogP contribution in [0, 0.1) is 0 Å². The van der Waals surface area contributed by atoms with Crippen molar-refractivity contribution in [3.63, 3.8) is 0 Å². The van der Waals surface area contributed by atoms with E-state index in [0.29, 0.717) is 10.6 Å². The minimum absolute atomic E-state index is 0.216. The van der Waals surface area contributed by atoms with Crippen molar-refractivity contribution in [3.05, 3.63) is 70.9 Å². The Balaban J connectivity index is 1.94. The number of carbonyl (C=O) groups excluding carboxylic acids is 2. The Bertz CT molecular complexity index is 919. The van der Waals surface area contributed by atoms with Crippen LogP contribution in [0.25, 0.3) is 10.9 Å². The first-order valence-corrected chi connectivity index (χ1v) is 8.20. The molecule has 25 heavy (non-hydrogen) atoms. The third kappa shape index (κ3) is 3.37. The van der Waals surface area contributed by atoms with Gasteiger partial charge in [0.25, 0.3) is 5.91 Å². The number of rotatable bonds is 4. The molecule has 6 heteroatoms. The lowest BCUT2D eigenvalue weighted by Crippen LogP contribution is -2.40. The molecule has 3 aromatic rings. The summed E-state index contributed by atoms with van der Waals surface area (Å²) < 4.78 is 0. The number of para-hydroxylation sites is 1. The van der Waals surface area contributed by atoms with Crippen molar-refractivity contribution >= 4 is 34.3 Å². The monoisotopic (exact) mass is 355 g/mol. The van der Waals surface area contributed by atoms with Crippen LogP contribution in [0.4, 0.5) is 0 Å². The molecule has 0 aliphatic carbocycles. The molecule has 0 fully saturated rings. The zero-order valence-electron chi connectivity index (χ0n) is 13.9. The van der Waals surface area contributed by atoms with E-state index in [1.54, 1.807) is 26.2 Å². The van der Waals surface area contributed by atoms with Crippen molar-refractivity contribution in [2.24, 2.45) is 0 Å². The van der Waals surface area contributed by atoms with E-state index in [4.69, 9.17) is 11.6 Å². The van der Waals surface area contributed by atoms with Crippen LogP contribution in [0.1, 0.15) is 22.1 Å². The topological polar surface area (TPSA) is 65.2 Å². The maximum atomic E-state index is 12.7. The largest absolute Gasteiger partial charge is 0.349 e. The highest BCUT2D eigenvalue weighted by Crippen LogP contribution is 2.27. The Morgan fingerprint density at radius 1 is 1.04 bits per heavy atom. The molecule has 2 aromatic carbocycles. The standard InChI is InChI=1S/C19H18ClN3O2/c1-23(2)19(25)16(12-8-4-3-5-9-12)22-18(24)17-15(20)13-10-6-7-11-14(13)21-17/h3-11,16,21H,1-2H3,(H,22,24)/t16-/m1/s1. The smallest absolute Gasteiger partial charge is 0.270 e. The van der Waals surface area contributed by atoms with E-state index in [2.05, 4.69) is 10.3 Å². The Morgan fingerprint density at radius 3 is 2.32 bits per heavy atom. The normalized spacial score (nSPS) is 12.0. The molecule has 0 unspecified atom stereocenters. The van der Waals surface area contributed by atoms with Gasteiger partial charge in [-0.25, -0.2) is 0 Å². The predicted molar refractivity (Wildman–Crippen MR) is 98.7 cm³/mol. The number of halogens is 1. The molecule has 1 heterocycles. The predicted octanol–water partition coefficient (Wildman–Crippen LogP) is 3.38. The SMILES string of the molecule is CN(C)C(=O)[C@H](NC(=O)c1[nH]c2ccccc2c1Cl)c1ccccc1. The average Bonchev–Trinajstić information content (AvgIpc) is 2.97. The van der Waals surface area contributed by atoms with E-state index in [9.17, 15) is 9.59 Å².